The second-order valence-corrected chi connectivity index (χ2v) is 7.75. The molecule has 0 radical (unpaired) electrons. The molecule has 0 unspecified atom stereocenters. The van der Waals surface area contributed by atoms with Gasteiger partial charge in [0, 0.05) is 24.7 Å². The SMILES string of the molecule is CN1CCC(c2ncc3c(cnn3-c3ccc(N4CCOCC4)cc3)n2)CC1. The van der Waals surface area contributed by atoms with Gasteiger partial charge in [-0.2, -0.15) is 5.10 Å². The highest BCUT2D eigenvalue weighted by molar-refractivity contribution is 5.75. The second-order valence-electron chi connectivity index (χ2n) is 7.75. The van der Waals surface area contributed by atoms with Crippen LogP contribution < -0.4 is 4.90 Å². The maximum atomic E-state index is 5.44. The van der Waals surface area contributed by atoms with Gasteiger partial charge in [0.15, 0.2) is 0 Å². The van der Waals surface area contributed by atoms with Crippen molar-refractivity contribution in [1.29, 1.82) is 0 Å². The minimum atomic E-state index is 0.455. The van der Waals surface area contributed by atoms with Crippen molar-refractivity contribution in [2.45, 2.75) is 18.8 Å². The number of hydrogen-bond donors (Lipinski definition) is 0. The lowest BCUT2D eigenvalue weighted by Gasteiger charge is -2.28. The molecule has 0 bridgehead atoms. The molecule has 2 aliphatic rings. The van der Waals surface area contributed by atoms with Gasteiger partial charge in [-0.15, -0.1) is 0 Å². The third-order valence-electron chi connectivity index (χ3n) is 5.89. The summed E-state index contributed by atoms with van der Waals surface area (Å²) >= 11 is 0. The van der Waals surface area contributed by atoms with Gasteiger partial charge in [-0.25, -0.2) is 14.6 Å². The van der Waals surface area contributed by atoms with Crippen molar-refractivity contribution in [2.24, 2.45) is 0 Å². The summed E-state index contributed by atoms with van der Waals surface area (Å²) in [6.07, 6.45) is 6.03. The summed E-state index contributed by atoms with van der Waals surface area (Å²) in [6.45, 7) is 5.70. The van der Waals surface area contributed by atoms with Crippen molar-refractivity contribution < 1.29 is 4.74 Å². The fourth-order valence-corrected chi connectivity index (χ4v) is 4.13. The van der Waals surface area contributed by atoms with Gasteiger partial charge < -0.3 is 14.5 Å². The smallest absolute Gasteiger partial charge is 0.132 e. The Morgan fingerprint density at radius 3 is 2.39 bits per heavy atom. The first-order valence-corrected chi connectivity index (χ1v) is 10.1. The Labute approximate surface area is 164 Å². The number of nitrogens with zero attached hydrogens (tertiary/aromatic N) is 6. The molecular formula is C21H26N6O. The molecule has 5 rings (SSSR count). The lowest BCUT2D eigenvalue weighted by molar-refractivity contribution is 0.122. The maximum absolute atomic E-state index is 5.44. The van der Waals surface area contributed by atoms with Crippen molar-refractivity contribution >= 4 is 16.7 Å². The van der Waals surface area contributed by atoms with Gasteiger partial charge >= 0.3 is 0 Å². The standard InChI is InChI=1S/C21H26N6O/c1-25-8-6-16(7-9-25)21-22-15-20-19(24-21)14-23-27(20)18-4-2-17(3-5-18)26-10-12-28-13-11-26/h2-5,14-16H,6-13H2,1H3. The first-order chi connectivity index (χ1) is 13.8. The van der Waals surface area contributed by atoms with Crippen LogP contribution in [-0.2, 0) is 4.74 Å². The number of rotatable bonds is 3. The molecule has 146 valence electrons. The van der Waals surface area contributed by atoms with Crippen LogP contribution in [0, 0.1) is 0 Å². The summed E-state index contributed by atoms with van der Waals surface area (Å²) in [7, 11) is 2.18. The minimum absolute atomic E-state index is 0.455. The van der Waals surface area contributed by atoms with Gasteiger partial charge in [-0.05, 0) is 57.2 Å². The molecule has 2 aliphatic heterocycles. The molecule has 7 nitrogen and oxygen atoms in total. The van der Waals surface area contributed by atoms with Crippen LogP contribution in [0.4, 0.5) is 5.69 Å². The number of hydrogen-bond acceptors (Lipinski definition) is 6. The number of anilines is 1. The monoisotopic (exact) mass is 378 g/mol. The fraction of sp³-hybridized carbons (Fsp3) is 0.476. The Morgan fingerprint density at radius 1 is 0.929 bits per heavy atom. The number of likely N-dealkylation sites (tertiary alicyclic amines) is 1. The summed E-state index contributed by atoms with van der Waals surface area (Å²) < 4.78 is 7.37. The van der Waals surface area contributed by atoms with Crippen LogP contribution in [0.5, 0.6) is 0 Å². The Bertz CT molecular complexity index is 939. The molecule has 4 heterocycles. The summed E-state index contributed by atoms with van der Waals surface area (Å²) in [4.78, 5) is 14.2. The van der Waals surface area contributed by atoms with Crippen molar-refractivity contribution in [3.63, 3.8) is 0 Å². The van der Waals surface area contributed by atoms with Crippen LogP contribution in [0.2, 0.25) is 0 Å². The number of aromatic nitrogens is 4. The molecule has 0 N–H and O–H groups in total. The van der Waals surface area contributed by atoms with Crippen LogP contribution in [0.25, 0.3) is 16.7 Å². The first-order valence-electron chi connectivity index (χ1n) is 10.1. The van der Waals surface area contributed by atoms with E-state index in [0.717, 1.165) is 74.8 Å². The minimum Gasteiger partial charge on any atom is -0.378 e. The average molecular weight is 378 g/mol. The predicted molar refractivity (Wildman–Crippen MR) is 109 cm³/mol. The van der Waals surface area contributed by atoms with E-state index in [9.17, 15) is 0 Å². The highest BCUT2D eigenvalue weighted by Crippen LogP contribution is 2.27. The van der Waals surface area contributed by atoms with Crippen molar-refractivity contribution in [3.8, 4) is 5.69 Å². The largest absolute Gasteiger partial charge is 0.378 e. The quantitative estimate of drug-likeness (QED) is 0.698. The lowest BCUT2D eigenvalue weighted by Crippen LogP contribution is -2.36. The maximum Gasteiger partial charge on any atom is 0.132 e. The van der Waals surface area contributed by atoms with Crippen LogP contribution in [0.3, 0.4) is 0 Å². The van der Waals surface area contributed by atoms with Gasteiger partial charge in [0.25, 0.3) is 0 Å². The van der Waals surface area contributed by atoms with E-state index in [4.69, 9.17) is 14.7 Å². The van der Waals surface area contributed by atoms with Gasteiger partial charge in [0.1, 0.15) is 16.9 Å². The summed E-state index contributed by atoms with van der Waals surface area (Å²) in [5, 5.41) is 4.58. The third kappa shape index (κ3) is 3.36. The van der Waals surface area contributed by atoms with Crippen LogP contribution in [0.1, 0.15) is 24.6 Å². The summed E-state index contributed by atoms with van der Waals surface area (Å²) in [6, 6.07) is 8.54. The molecule has 2 aromatic heterocycles. The van der Waals surface area contributed by atoms with E-state index in [2.05, 4.69) is 46.2 Å². The van der Waals surface area contributed by atoms with Gasteiger partial charge in [-0.3, -0.25) is 0 Å². The molecule has 2 saturated heterocycles. The first kappa shape index (κ1) is 17.6. The zero-order chi connectivity index (χ0) is 18.9. The fourth-order valence-electron chi connectivity index (χ4n) is 4.13. The molecule has 1 aromatic carbocycles. The lowest BCUT2D eigenvalue weighted by atomic mass is 9.96. The van der Waals surface area contributed by atoms with Gasteiger partial charge in [0.05, 0.1) is 31.3 Å². The molecule has 0 saturated carbocycles. The molecule has 0 spiro atoms. The highest BCUT2D eigenvalue weighted by atomic mass is 16.5. The predicted octanol–water partition coefficient (Wildman–Crippen LogP) is 2.46. The van der Waals surface area contributed by atoms with E-state index in [1.165, 1.54) is 5.69 Å². The average Bonchev–Trinajstić information content (AvgIpc) is 3.18. The normalized spacial score (nSPS) is 19.4. The Morgan fingerprint density at radius 2 is 1.64 bits per heavy atom. The van der Waals surface area contributed by atoms with E-state index < -0.39 is 0 Å². The number of benzene rings is 1. The van der Waals surface area contributed by atoms with Crippen LogP contribution >= 0.6 is 0 Å². The van der Waals surface area contributed by atoms with E-state index in [1.54, 1.807) is 0 Å². The zero-order valence-electron chi connectivity index (χ0n) is 16.3. The van der Waals surface area contributed by atoms with Crippen LogP contribution in [-0.4, -0.2) is 71.1 Å². The summed E-state index contributed by atoms with van der Waals surface area (Å²) in [5.74, 6) is 1.42. The van der Waals surface area contributed by atoms with E-state index >= 15 is 0 Å². The Kier molecular flexibility index (Phi) is 4.70. The Hall–Kier alpha value is -2.51. The van der Waals surface area contributed by atoms with Gasteiger partial charge in [0.2, 0.25) is 0 Å². The summed E-state index contributed by atoms with van der Waals surface area (Å²) in [5.41, 5.74) is 4.13. The van der Waals surface area contributed by atoms with Crippen molar-refractivity contribution in [2.75, 3.05) is 51.3 Å². The van der Waals surface area contributed by atoms with Crippen molar-refractivity contribution in [1.82, 2.24) is 24.6 Å². The second kappa shape index (κ2) is 7.48. The number of morpholine rings is 1. The molecule has 0 amide bonds. The molecule has 7 heteroatoms. The van der Waals surface area contributed by atoms with Crippen LogP contribution in [0.15, 0.2) is 36.7 Å². The topological polar surface area (TPSA) is 59.3 Å². The molecule has 0 atom stereocenters. The van der Waals surface area contributed by atoms with E-state index in [0.29, 0.717) is 5.92 Å². The van der Waals surface area contributed by atoms with Crippen molar-refractivity contribution in [3.05, 3.63) is 42.5 Å². The molecular weight excluding hydrogens is 352 g/mol. The molecule has 2 fully saturated rings. The number of fused-ring (bicyclic) bond motifs is 1. The Balaban J connectivity index is 1.39. The van der Waals surface area contributed by atoms with E-state index in [-0.39, 0.29) is 0 Å². The molecule has 3 aromatic rings. The zero-order valence-corrected chi connectivity index (χ0v) is 16.3. The third-order valence-corrected chi connectivity index (χ3v) is 5.89. The number of ether oxygens (including phenoxy) is 1. The van der Waals surface area contributed by atoms with E-state index in [1.807, 2.05) is 17.1 Å². The number of piperidine rings is 1. The molecule has 0 aliphatic carbocycles. The highest BCUT2D eigenvalue weighted by Gasteiger charge is 2.21. The van der Waals surface area contributed by atoms with Gasteiger partial charge in [-0.1, -0.05) is 0 Å². The molecule has 28 heavy (non-hydrogen) atoms.